The SMILES string of the molecule is CC/C=N/N=C/C=C/c1ccccc1. The van der Waals surface area contributed by atoms with Crippen molar-refractivity contribution in [2.75, 3.05) is 0 Å². The Morgan fingerprint density at radius 1 is 1.14 bits per heavy atom. The Kier molecular flexibility index (Phi) is 5.03. The van der Waals surface area contributed by atoms with E-state index in [4.69, 9.17) is 0 Å². The molecule has 0 unspecified atom stereocenters. The normalized spacial score (nSPS) is 12.1. The van der Waals surface area contributed by atoms with Crippen molar-refractivity contribution in [1.82, 2.24) is 0 Å². The first-order chi connectivity index (χ1) is 6.93. The predicted molar refractivity (Wildman–Crippen MR) is 62.8 cm³/mol. The molecule has 72 valence electrons. The molecule has 0 aliphatic carbocycles. The smallest absolute Gasteiger partial charge is 0.0495 e. The molecular formula is C12H14N2. The lowest BCUT2D eigenvalue weighted by Crippen LogP contribution is -1.69. The van der Waals surface area contributed by atoms with E-state index in [1.165, 1.54) is 5.56 Å². The molecule has 0 amide bonds. The third-order valence-electron chi connectivity index (χ3n) is 1.57. The maximum Gasteiger partial charge on any atom is 0.0495 e. The van der Waals surface area contributed by atoms with Crippen molar-refractivity contribution in [1.29, 1.82) is 0 Å². The number of rotatable bonds is 4. The van der Waals surface area contributed by atoms with Crippen LogP contribution in [0.2, 0.25) is 0 Å². The highest BCUT2D eigenvalue weighted by Crippen LogP contribution is 1.99. The van der Waals surface area contributed by atoms with Crippen LogP contribution in [0.25, 0.3) is 6.08 Å². The zero-order chi connectivity index (χ0) is 10.1. The van der Waals surface area contributed by atoms with Crippen molar-refractivity contribution in [2.24, 2.45) is 10.2 Å². The lowest BCUT2D eigenvalue weighted by atomic mass is 10.2. The Hall–Kier alpha value is -1.70. The van der Waals surface area contributed by atoms with Crippen LogP contribution in [0.5, 0.6) is 0 Å². The summed E-state index contributed by atoms with van der Waals surface area (Å²) < 4.78 is 0. The standard InChI is InChI=1S/C12H14N2/c1-2-10-13-14-11-6-9-12-7-4-3-5-8-12/h3-11H,2H2,1H3/b9-6+,13-10+,14-11+. The summed E-state index contributed by atoms with van der Waals surface area (Å²) >= 11 is 0. The molecule has 0 radical (unpaired) electrons. The number of allylic oxidation sites excluding steroid dienone is 1. The zero-order valence-electron chi connectivity index (χ0n) is 8.30. The van der Waals surface area contributed by atoms with Crippen LogP contribution >= 0.6 is 0 Å². The molecule has 0 bridgehead atoms. The van der Waals surface area contributed by atoms with E-state index in [2.05, 4.69) is 10.2 Å². The van der Waals surface area contributed by atoms with Gasteiger partial charge in [0, 0.05) is 12.4 Å². The summed E-state index contributed by atoms with van der Waals surface area (Å²) in [7, 11) is 0. The summed E-state index contributed by atoms with van der Waals surface area (Å²) in [5.74, 6) is 0. The molecule has 14 heavy (non-hydrogen) atoms. The Labute approximate surface area is 84.7 Å². The van der Waals surface area contributed by atoms with Gasteiger partial charge in [0.1, 0.15) is 0 Å². The van der Waals surface area contributed by atoms with E-state index in [9.17, 15) is 0 Å². The lowest BCUT2D eigenvalue weighted by Gasteiger charge is -1.87. The second-order valence-electron chi connectivity index (χ2n) is 2.74. The van der Waals surface area contributed by atoms with Crippen LogP contribution in [0.4, 0.5) is 0 Å². The molecular weight excluding hydrogens is 172 g/mol. The summed E-state index contributed by atoms with van der Waals surface area (Å²) in [5.41, 5.74) is 1.17. The van der Waals surface area contributed by atoms with Gasteiger partial charge in [-0.1, -0.05) is 43.3 Å². The van der Waals surface area contributed by atoms with E-state index in [1.807, 2.05) is 49.4 Å². The second kappa shape index (κ2) is 6.78. The van der Waals surface area contributed by atoms with Gasteiger partial charge in [0.05, 0.1) is 0 Å². The molecule has 1 rings (SSSR count). The van der Waals surface area contributed by atoms with E-state index < -0.39 is 0 Å². The van der Waals surface area contributed by atoms with Gasteiger partial charge < -0.3 is 0 Å². The molecule has 2 heteroatoms. The first-order valence-electron chi connectivity index (χ1n) is 4.70. The van der Waals surface area contributed by atoms with Gasteiger partial charge in [0.2, 0.25) is 0 Å². The van der Waals surface area contributed by atoms with E-state index in [-0.39, 0.29) is 0 Å². The van der Waals surface area contributed by atoms with Crippen LogP contribution in [0.1, 0.15) is 18.9 Å². The number of hydrogen-bond acceptors (Lipinski definition) is 2. The quantitative estimate of drug-likeness (QED) is 0.509. The van der Waals surface area contributed by atoms with Gasteiger partial charge in [-0.2, -0.15) is 10.2 Å². The fourth-order valence-electron chi connectivity index (χ4n) is 0.924. The van der Waals surface area contributed by atoms with Gasteiger partial charge in [-0.25, -0.2) is 0 Å². The molecule has 0 aliphatic heterocycles. The second-order valence-corrected chi connectivity index (χ2v) is 2.74. The van der Waals surface area contributed by atoms with Crippen molar-refractivity contribution in [3.8, 4) is 0 Å². The van der Waals surface area contributed by atoms with Crippen LogP contribution in [0.15, 0.2) is 46.6 Å². The number of nitrogens with zero attached hydrogens (tertiary/aromatic N) is 2. The minimum atomic E-state index is 0.916. The Morgan fingerprint density at radius 2 is 1.93 bits per heavy atom. The molecule has 0 fully saturated rings. The number of benzene rings is 1. The molecule has 0 N–H and O–H groups in total. The molecule has 1 aromatic carbocycles. The van der Waals surface area contributed by atoms with Crippen molar-refractivity contribution in [3.63, 3.8) is 0 Å². The van der Waals surface area contributed by atoms with Gasteiger partial charge in [0.25, 0.3) is 0 Å². The van der Waals surface area contributed by atoms with E-state index >= 15 is 0 Å². The Bertz CT molecular complexity index is 323. The maximum absolute atomic E-state index is 3.83. The van der Waals surface area contributed by atoms with E-state index in [1.54, 1.807) is 12.4 Å². The van der Waals surface area contributed by atoms with Crippen molar-refractivity contribution in [3.05, 3.63) is 42.0 Å². The first kappa shape index (κ1) is 10.4. The summed E-state index contributed by atoms with van der Waals surface area (Å²) in [6, 6.07) is 10.1. The third kappa shape index (κ3) is 4.36. The molecule has 0 heterocycles. The Balaban J connectivity index is 2.42. The van der Waals surface area contributed by atoms with Crippen LogP contribution in [-0.4, -0.2) is 12.4 Å². The molecule has 0 aromatic heterocycles. The van der Waals surface area contributed by atoms with E-state index in [0.717, 1.165) is 6.42 Å². The van der Waals surface area contributed by atoms with Crippen molar-refractivity contribution < 1.29 is 0 Å². The average molecular weight is 186 g/mol. The third-order valence-corrected chi connectivity index (χ3v) is 1.57. The molecule has 2 nitrogen and oxygen atoms in total. The minimum Gasteiger partial charge on any atom is -0.164 e. The summed E-state index contributed by atoms with van der Waals surface area (Å²) in [6.45, 7) is 2.03. The summed E-state index contributed by atoms with van der Waals surface area (Å²) in [5, 5.41) is 7.65. The Morgan fingerprint density at radius 3 is 2.64 bits per heavy atom. The minimum absolute atomic E-state index is 0.916. The largest absolute Gasteiger partial charge is 0.164 e. The van der Waals surface area contributed by atoms with Crippen LogP contribution in [-0.2, 0) is 0 Å². The molecule has 0 spiro atoms. The maximum atomic E-state index is 3.83. The zero-order valence-corrected chi connectivity index (χ0v) is 8.30. The van der Waals surface area contributed by atoms with Crippen LogP contribution in [0.3, 0.4) is 0 Å². The molecule has 0 saturated heterocycles. The van der Waals surface area contributed by atoms with Gasteiger partial charge in [-0.15, -0.1) is 0 Å². The highest BCUT2D eigenvalue weighted by atomic mass is 15.2. The van der Waals surface area contributed by atoms with Gasteiger partial charge in [-0.05, 0) is 18.1 Å². The molecule has 1 aromatic rings. The monoisotopic (exact) mass is 186 g/mol. The molecule has 0 aliphatic rings. The first-order valence-corrected chi connectivity index (χ1v) is 4.70. The summed E-state index contributed by atoms with van der Waals surface area (Å²) in [6.07, 6.45) is 8.24. The fourth-order valence-corrected chi connectivity index (χ4v) is 0.924. The fraction of sp³-hybridized carbons (Fsp3) is 0.167. The van der Waals surface area contributed by atoms with Crippen molar-refractivity contribution >= 4 is 18.5 Å². The van der Waals surface area contributed by atoms with E-state index in [0.29, 0.717) is 0 Å². The van der Waals surface area contributed by atoms with Crippen LogP contribution in [0, 0.1) is 0 Å². The molecule has 0 atom stereocenters. The van der Waals surface area contributed by atoms with Crippen LogP contribution < -0.4 is 0 Å². The molecule has 0 saturated carbocycles. The topological polar surface area (TPSA) is 24.7 Å². The highest BCUT2D eigenvalue weighted by molar-refractivity contribution is 5.78. The van der Waals surface area contributed by atoms with Crippen molar-refractivity contribution in [2.45, 2.75) is 13.3 Å². The summed E-state index contributed by atoms with van der Waals surface area (Å²) in [4.78, 5) is 0. The average Bonchev–Trinajstić information content (AvgIpc) is 2.25. The predicted octanol–water partition coefficient (Wildman–Crippen LogP) is 3.17. The van der Waals surface area contributed by atoms with Gasteiger partial charge >= 0.3 is 0 Å². The lowest BCUT2D eigenvalue weighted by molar-refractivity contribution is 1.22. The number of hydrogen-bond donors (Lipinski definition) is 0. The highest BCUT2D eigenvalue weighted by Gasteiger charge is 1.79. The van der Waals surface area contributed by atoms with Gasteiger partial charge in [0.15, 0.2) is 0 Å². The van der Waals surface area contributed by atoms with Gasteiger partial charge in [-0.3, -0.25) is 0 Å².